The molecule has 0 unspecified atom stereocenters. The minimum atomic E-state index is -1.04. The second-order valence-electron chi connectivity index (χ2n) is 4.66. The fourth-order valence-corrected chi connectivity index (χ4v) is 1.54. The molecule has 0 aliphatic rings. The summed E-state index contributed by atoms with van der Waals surface area (Å²) < 4.78 is 0. The number of halogens is 1. The predicted molar refractivity (Wildman–Crippen MR) is 66.6 cm³/mol. The summed E-state index contributed by atoms with van der Waals surface area (Å²) in [6, 6.07) is 7.60. The van der Waals surface area contributed by atoms with E-state index < -0.39 is 5.97 Å². The Balaban J connectivity index is 3.00. The molecule has 1 N–H and O–H groups in total. The van der Waals surface area contributed by atoms with Crippen molar-refractivity contribution < 1.29 is 9.90 Å². The zero-order valence-corrected chi connectivity index (χ0v) is 10.4. The van der Waals surface area contributed by atoms with Crippen LogP contribution in [0.5, 0.6) is 0 Å². The van der Waals surface area contributed by atoms with E-state index in [0.29, 0.717) is 0 Å². The predicted octanol–water partition coefficient (Wildman–Crippen LogP) is 3.65. The Morgan fingerprint density at radius 2 is 1.75 bits per heavy atom. The van der Waals surface area contributed by atoms with E-state index in [1.807, 2.05) is 24.3 Å². The van der Waals surface area contributed by atoms with E-state index in [2.05, 4.69) is 20.8 Å². The van der Waals surface area contributed by atoms with Crippen LogP contribution in [0.3, 0.4) is 0 Å². The molecule has 16 heavy (non-hydrogen) atoms. The van der Waals surface area contributed by atoms with Gasteiger partial charge in [0.1, 0.15) is 0 Å². The fourth-order valence-electron chi connectivity index (χ4n) is 1.32. The largest absolute Gasteiger partial charge is 0.478 e. The number of carboxylic acid groups (broad SMARTS) is 1. The molecule has 1 aromatic rings. The van der Waals surface area contributed by atoms with Gasteiger partial charge < -0.3 is 5.11 Å². The van der Waals surface area contributed by atoms with Gasteiger partial charge >= 0.3 is 5.97 Å². The molecule has 0 aliphatic heterocycles. The number of benzene rings is 1. The summed E-state index contributed by atoms with van der Waals surface area (Å²) in [6.45, 7) is 6.37. The first-order chi connectivity index (χ1) is 7.30. The van der Waals surface area contributed by atoms with Gasteiger partial charge in [0.25, 0.3) is 0 Å². The summed E-state index contributed by atoms with van der Waals surface area (Å²) in [5.41, 5.74) is 2.00. The van der Waals surface area contributed by atoms with Crippen molar-refractivity contribution in [1.29, 1.82) is 0 Å². The molecule has 0 aromatic heterocycles. The van der Waals surface area contributed by atoms with Gasteiger partial charge in [-0.05, 0) is 16.5 Å². The van der Waals surface area contributed by atoms with Crippen molar-refractivity contribution in [2.75, 3.05) is 0 Å². The highest BCUT2D eigenvalue weighted by atomic mass is 35.5. The van der Waals surface area contributed by atoms with Crippen LogP contribution in [0.4, 0.5) is 0 Å². The zero-order valence-electron chi connectivity index (χ0n) is 9.62. The molecule has 0 saturated carbocycles. The topological polar surface area (TPSA) is 37.3 Å². The van der Waals surface area contributed by atoms with E-state index in [9.17, 15) is 4.79 Å². The third-order valence-corrected chi connectivity index (χ3v) is 2.60. The van der Waals surface area contributed by atoms with E-state index in [-0.39, 0.29) is 10.4 Å². The van der Waals surface area contributed by atoms with Gasteiger partial charge in [-0.3, -0.25) is 0 Å². The SMILES string of the molecule is CC(C)(C)c1ccc(/C(Cl)=C/C(=O)O)cc1. The molecule has 0 saturated heterocycles. The van der Waals surface area contributed by atoms with Gasteiger partial charge in [0.05, 0.1) is 5.03 Å². The minimum absolute atomic E-state index is 0.0848. The van der Waals surface area contributed by atoms with Crippen molar-refractivity contribution in [2.24, 2.45) is 0 Å². The van der Waals surface area contributed by atoms with E-state index in [1.54, 1.807) is 0 Å². The highest BCUT2D eigenvalue weighted by molar-refractivity contribution is 6.50. The van der Waals surface area contributed by atoms with Gasteiger partial charge in [0.2, 0.25) is 0 Å². The van der Waals surface area contributed by atoms with Gasteiger partial charge in [-0.1, -0.05) is 56.6 Å². The molecule has 0 atom stereocenters. The Morgan fingerprint density at radius 3 is 2.12 bits per heavy atom. The highest BCUT2D eigenvalue weighted by Gasteiger charge is 2.13. The van der Waals surface area contributed by atoms with Crippen molar-refractivity contribution >= 4 is 22.6 Å². The molecule has 0 aliphatic carbocycles. The monoisotopic (exact) mass is 238 g/mol. The van der Waals surface area contributed by atoms with Crippen molar-refractivity contribution in [1.82, 2.24) is 0 Å². The van der Waals surface area contributed by atoms with Crippen molar-refractivity contribution in [3.05, 3.63) is 41.5 Å². The number of carboxylic acids is 1. The van der Waals surface area contributed by atoms with Crippen LogP contribution in [0.1, 0.15) is 31.9 Å². The standard InChI is InChI=1S/C13H15ClO2/c1-13(2,3)10-6-4-9(5-7-10)11(14)8-12(15)16/h4-8H,1-3H3,(H,15,16)/b11-8-. The molecule has 0 spiro atoms. The second kappa shape index (κ2) is 4.71. The highest BCUT2D eigenvalue weighted by Crippen LogP contribution is 2.25. The number of hydrogen-bond acceptors (Lipinski definition) is 1. The molecule has 1 aromatic carbocycles. The van der Waals surface area contributed by atoms with Crippen molar-refractivity contribution in [3.8, 4) is 0 Å². The normalized spacial score (nSPS) is 12.6. The summed E-state index contributed by atoms with van der Waals surface area (Å²) >= 11 is 5.85. The van der Waals surface area contributed by atoms with Crippen LogP contribution in [0.15, 0.2) is 30.3 Å². The Labute approximate surface area is 101 Å². The maximum atomic E-state index is 10.4. The van der Waals surface area contributed by atoms with Crippen LogP contribution < -0.4 is 0 Å². The van der Waals surface area contributed by atoms with E-state index in [0.717, 1.165) is 11.6 Å². The molecule has 0 radical (unpaired) electrons. The molecule has 0 bridgehead atoms. The maximum Gasteiger partial charge on any atom is 0.329 e. The number of aliphatic carboxylic acids is 1. The van der Waals surface area contributed by atoms with Crippen molar-refractivity contribution in [3.63, 3.8) is 0 Å². The molecule has 0 fully saturated rings. The lowest BCUT2D eigenvalue weighted by Crippen LogP contribution is -2.10. The van der Waals surface area contributed by atoms with Crippen LogP contribution in [0.2, 0.25) is 0 Å². The van der Waals surface area contributed by atoms with Gasteiger partial charge in [-0.15, -0.1) is 0 Å². The Hall–Kier alpha value is -1.28. The lowest BCUT2D eigenvalue weighted by molar-refractivity contribution is -0.131. The van der Waals surface area contributed by atoms with Crippen LogP contribution in [0, 0.1) is 0 Å². The number of rotatable bonds is 2. The first-order valence-corrected chi connectivity index (χ1v) is 5.39. The molecule has 1 rings (SSSR count). The molecule has 3 heteroatoms. The summed E-state index contributed by atoms with van der Waals surface area (Å²) in [6.07, 6.45) is 0.994. The fraction of sp³-hybridized carbons (Fsp3) is 0.308. The quantitative estimate of drug-likeness (QED) is 0.799. The first-order valence-electron chi connectivity index (χ1n) is 5.02. The first kappa shape index (κ1) is 12.8. The van der Waals surface area contributed by atoms with E-state index in [1.165, 1.54) is 5.56 Å². The molecule has 2 nitrogen and oxygen atoms in total. The smallest absolute Gasteiger partial charge is 0.329 e. The Kier molecular flexibility index (Phi) is 3.76. The maximum absolute atomic E-state index is 10.4. The second-order valence-corrected chi connectivity index (χ2v) is 5.07. The van der Waals surface area contributed by atoms with Crippen LogP contribution in [-0.4, -0.2) is 11.1 Å². The van der Waals surface area contributed by atoms with Gasteiger partial charge in [0, 0.05) is 6.08 Å². The third-order valence-electron chi connectivity index (χ3n) is 2.28. The van der Waals surface area contributed by atoms with Gasteiger partial charge in [-0.25, -0.2) is 4.79 Å². The number of hydrogen-bond donors (Lipinski definition) is 1. The Bertz CT molecular complexity index is 411. The van der Waals surface area contributed by atoms with Crippen LogP contribution >= 0.6 is 11.6 Å². The summed E-state index contributed by atoms with van der Waals surface area (Å²) in [7, 11) is 0. The minimum Gasteiger partial charge on any atom is -0.478 e. The van der Waals surface area contributed by atoms with Crippen LogP contribution in [-0.2, 0) is 10.2 Å². The summed E-state index contributed by atoms with van der Waals surface area (Å²) in [5.74, 6) is -1.04. The van der Waals surface area contributed by atoms with Crippen molar-refractivity contribution in [2.45, 2.75) is 26.2 Å². The summed E-state index contributed by atoms with van der Waals surface area (Å²) in [4.78, 5) is 10.4. The van der Waals surface area contributed by atoms with E-state index >= 15 is 0 Å². The molecule has 0 amide bonds. The van der Waals surface area contributed by atoms with Crippen LogP contribution in [0.25, 0.3) is 5.03 Å². The van der Waals surface area contributed by atoms with Gasteiger partial charge in [-0.2, -0.15) is 0 Å². The summed E-state index contributed by atoms with van der Waals surface area (Å²) in [5, 5.41) is 8.81. The number of carbonyl (C=O) groups is 1. The lowest BCUT2D eigenvalue weighted by atomic mass is 9.87. The average molecular weight is 239 g/mol. The zero-order chi connectivity index (χ0) is 12.3. The molecular weight excluding hydrogens is 224 g/mol. The average Bonchev–Trinajstić information content (AvgIpc) is 2.15. The molecular formula is C13H15ClO2. The Morgan fingerprint density at radius 1 is 1.25 bits per heavy atom. The third kappa shape index (κ3) is 3.38. The lowest BCUT2D eigenvalue weighted by Gasteiger charge is -2.19. The molecule has 86 valence electrons. The van der Waals surface area contributed by atoms with E-state index in [4.69, 9.17) is 16.7 Å². The van der Waals surface area contributed by atoms with Gasteiger partial charge in [0.15, 0.2) is 0 Å². The molecule has 0 heterocycles.